The van der Waals surface area contributed by atoms with Crippen molar-refractivity contribution in [2.45, 2.75) is 31.8 Å². The van der Waals surface area contributed by atoms with Crippen LogP contribution in [0, 0.1) is 25.4 Å². The topological polar surface area (TPSA) is 68.3 Å². The predicted molar refractivity (Wildman–Crippen MR) is 137 cm³/mol. The van der Waals surface area contributed by atoms with Crippen LogP contribution < -0.4 is 15.9 Å². The molecule has 0 heterocycles. The van der Waals surface area contributed by atoms with Crippen molar-refractivity contribution < 1.29 is 43.2 Å². The first-order valence-electron chi connectivity index (χ1n) is 10.9. The second-order valence-electron chi connectivity index (χ2n) is 8.60. The Hall–Kier alpha value is -2.43. The summed E-state index contributed by atoms with van der Waals surface area (Å²) in [5, 5.41) is 0.780. The monoisotopic (exact) mass is 596 g/mol. The van der Waals surface area contributed by atoms with Gasteiger partial charge < -0.3 is 0 Å². The van der Waals surface area contributed by atoms with Gasteiger partial charge in [-0.3, -0.25) is 16.8 Å². The van der Waals surface area contributed by atoms with Crippen molar-refractivity contribution in [2.24, 2.45) is 0 Å². The molecule has 0 unspecified atom stereocenters. The lowest BCUT2D eigenvalue weighted by molar-refractivity contribution is -0.0453. The quantitative estimate of drug-likeness (QED) is 0.212. The van der Waals surface area contributed by atoms with E-state index in [-0.39, 0.29) is 15.9 Å². The number of sulfone groups is 2. The van der Waals surface area contributed by atoms with Crippen LogP contribution in [-0.4, -0.2) is 34.0 Å². The van der Waals surface area contributed by atoms with E-state index in [9.17, 15) is 43.2 Å². The Morgan fingerprint density at radius 3 is 1.08 bits per heavy atom. The van der Waals surface area contributed by atoms with Gasteiger partial charge in [-0.1, -0.05) is 54.6 Å². The van der Waals surface area contributed by atoms with Crippen molar-refractivity contribution in [1.29, 1.82) is 0 Å². The standard InChI is InChI=1S/C25H23F6O4PS2/c1-17-10-4-7-13-20(17)36(21-14-8-5-11-18(21)2,22-15-9-6-12-19(22)3)16-23(37(32,33)24(26,27)28)38(34,35)25(29,30)31/h4-15H,16H2,1-3H3. The van der Waals surface area contributed by atoms with Gasteiger partial charge in [-0.25, -0.2) is 0 Å². The number of rotatable bonds is 7. The molecular formula is C25H23F6O4PS2. The maximum atomic E-state index is 13.8. The largest absolute Gasteiger partial charge is 0.469 e. The predicted octanol–water partition coefficient (Wildman–Crippen LogP) is 5.26. The average Bonchev–Trinajstić information content (AvgIpc) is 2.80. The first-order valence-corrected chi connectivity index (χ1v) is 15.9. The van der Waals surface area contributed by atoms with Gasteiger partial charge in [0, 0.05) is 0 Å². The van der Waals surface area contributed by atoms with E-state index in [0.717, 1.165) is 0 Å². The van der Waals surface area contributed by atoms with Crippen molar-refractivity contribution in [3.63, 3.8) is 0 Å². The number of aryl methyl sites for hydroxylation is 3. The molecule has 0 aliphatic carbocycles. The molecule has 0 radical (unpaired) electrons. The van der Waals surface area contributed by atoms with E-state index < -0.39 is 48.7 Å². The molecule has 0 saturated heterocycles. The lowest BCUT2D eigenvalue weighted by atomic mass is 10.2. The molecule has 0 amide bonds. The van der Waals surface area contributed by atoms with E-state index >= 15 is 0 Å². The molecule has 206 valence electrons. The van der Waals surface area contributed by atoms with Crippen LogP contribution in [0.2, 0.25) is 0 Å². The van der Waals surface area contributed by atoms with Gasteiger partial charge in [0.15, 0.2) is 0 Å². The van der Waals surface area contributed by atoms with Gasteiger partial charge in [-0.15, -0.1) is 0 Å². The van der Waals surface area contributed by atoms with Crippen LogP contribution in [-0.2, 0) is 19.7 Å². The van der Waals surface area contributed by atoms with E-state index in [1.807, 2.05) is 0 Å². The second-order valence-corrected chi connectivity index (χ2v) is 16.2. The Balaban J connectivity index is 2.62. The fourth-order valence-electron chi connectivity index (χ4n) is 4.39. The fraction of sp³-hybridized carbons (Fsp3) is 0.240. The van der Waals surface area contributed by atoms with Crippen molar-refractivity contribution in [1.82, 2.24) is 0 Å². The van der Waals surface area contributed by atoms with Crippen LogP contribution in [0.15, 0.2) is 72.8 Å². The molecule has 13 heteroatoms. The normalized spacial score (nSPS) is 13.6. The number of hydrogen-bond acceptors (Lipinski definition) is 4. The Labute approximate surface area is 217 Å². The zero-order valence-corrected chi connectivity index (χ0v) is 22.8. The van der Waals surface area contributed by atoms with Crippen LogP contribution in [0.25, 0.3) is 0 Å². The minimum Gasteiger partial charge on any atom is -0.252 e. The van der Waals surface area contributed by atoms with Crippen LogP contribution >= 0.6 is 7.26 Å². The molecule has 3 rings (SSSR count). The van der Waals surface area contributed by atoms with E-state index in [1.54, 1.807) is 57.2 Å². The zero-order valence-electron chi connectivity index (χ0n) is 20.3. The summed E-state index contributed by atoms with van der Waals surface area (Å²) in [5.74, 6) is 0. The maximum absolute atomic E-state index is 13.8. The summed E-state index contributed by atoms with van der Waals surface area (Å²) in [6.45, 7) is 4.74. The van der Waals surface area contributed by atoms with Gasteiger partial charge in [0.05, 0.1) is 7.26 Å². The molecule has 0 saturated carbocycles. The molecule has 0 atom stereocenters. The lowest BCUT2D eigenvalue weighted by Crippen LogP contribution is -2.46. The maximum Gasteiger partial charge on any atom is 0.469 e. The van der Waals surface area contributed by atoms with Gasteiger partial charge in [0.2, 0.25) is 0 Å². The average molecular weight is 597 g/mol. The molecule has 38 heavy (non-hydrogen) atoms. The number of hydrogen-bond donors (Lipinski definition) is 0. The molecular weight excluding hydrogens is 573 g/mol. The Kier molecular flexibility index (Phi) is 8.14. The third kappa shape index (κ3) is 5.10. The minimum atomic E-state index is -6.94. The lowest BCUT2D eigenvalue weighted by Gasteiger charge is -2.39. The van der Waals surface area contributed by atoms with Gasteiger partial charge in [-0.05, 0) is 66.4 Å². The Morgan fingerprint density at radius 2 is 0.842 bits per heavy atom. The SMILES string of the molecule is Cc1ccccc1[P+](C[C-](S(=O)(=O)C(F)(F)F)S(=O)(=O)C(F)(F)F)(c1ccccc1C)c1ccccc1C. The Morgan fingerprint density at radius 1 is 0.579 bits per heavy atom. The molecule has 0 N–H and O–H groups in total. The van der Waals surface area contributed by atoms with E-state index in [2.05, 4.69) is 0 Å². The van der Waals surface area contributed by atoms with E-state index in [1.165, 1.54) is 36.4 Å². The molecule has 3 aromatic carbocycles. The highest BCUT2D eigenvalue weighted by molar-refractivity contribution is 8.14. The van der Waals surface area contributed by atoms with Gasteiger partial charge in [-0.2, -0.15) is 26.3 Å². The molecule has 0 bridgehead atoms. The molecule has 0 aromatic heterocycles. The van der Waals surface area contributed by atoms with E-state index in [0.29, 0.717) is 16.7 Å². The summed E-state index contributed by atoms with van der Waals surface area (Å²) in [7, 11) is -17.7. The fourth-order valence-corrected chi connectivity index (χ4v) is 13.9. The molecule has 0 aliphatic heterocycles. The van der Waals surface area contributed by atoms with Crippen LogP contribution in [0.4, 0.5) is 26.3 Å². The minimum absolute atomic E-state index is 0.260. The molecule has 0 fully saturated rings. The van der Waals surface area contributed by atoms with Crippen LogP contribution in [0.3, 0.4) is 0 Å². The number of benzene rings is 3. The van der Waals surface area contributed by atoms with Crippen LogP contribution in [0.1, 0.15) is 16.7 Å². The first-order chi connectivity index (χ1) is 17.4. The first kappa shape index (κ1) is 30.1. The molecule has 0 aliphatic rings. The highest BCUT2D eigenvalue weighted by atomic mass is 32.3. The smallest absolute Gasteiger partial charge is 0.252 e. The Bertz CT molecular complexity index is 1390. The van der Waals surface area contributed by atoms with Crippen molar-refractivity contribution in [3.05, 3.63) is 94.1 Å². The third-order valence-corrected chi connectivity index (χ3v) is 15.4. The second kappa shape index (κ2) is 10.3. The van der Waals surface area contributed by atoms with Gasteiger partial charge in [0.25, 0.3) is 0 Å². The summed E-state index contributed by atoms with van der Waals surface area (Å²) >= 11 is 0. The van der Waals surface area contributed by atoms with Gasteiger partial charge in [0.1, 0.15) is 35.6 Å². The van der Waals surface area contributed by atoms with Crippen LogP contribution in [0.5, 0.6) is 0 Å². The van der Waals surface area contributed by atoms with Gasteiger partial charge >= 0.3 is 11.0 Å². The molecule has 3 aromatic rings. The summed E-state index contributed by atoms with van der Waals surface area (Å²) in [4.78, 5) is 0. The summed E-state index contributed by atoms with van der Waals surface area (Å²) in [5.41, 5.74) is -11.2. The van der Waals surface area contributed by atoms with Crippen molar-refractivity contribution in [3.8, 4) is 0 Å². The summed E-state index contributed by atoms with van der Waals surface area (Å²) in [6.07, 6.45) is -1.54. The molecule has 4 nitrogen and oxygen atoms in total. The highest BCUT2D eigenvalue weighted by Gasteiger charge is 2.59. The number of halogens is 6. The van der Waals surface area contributed by atoms with Crippen molar-refractivity contribution >= 4 is 42.9 Å². The zero-order chi connectivity index (χ0) is 28.7. The summed E-state index contributed by atoms with van der Waals surface area (Å²) < 4.78 is 131. The third-order valence-electron chi connectivity index (χ3n) is 6.16. The van der Waals surface area contributed by atoms with E-state index in [4.69, 9.17) is 0 Å². The molecule has 0 spiro atoms. The highest BCUT2D eigenvalue weighted by Crippen LogP contribution is 2.61. The summed E-state index contributed by atoms with van der Waals surface area (Å²) in [6, 6.07) is 18.6. The van der Waals surface area contributed by atoms with Crippen molar-refractivity contribution in [2.75, 3.05) is 6.16 Å². The number of alkyl halides is 6.